The normalized spacial score (nSPS) is 23.5. The molecule has 0 aromatic heterocycles. The van der Waals surface area contributed by atoms with E-state index in [1.165, 1.54) is 0 Å². The number of hydrogen-bond acceptors (Lipinski definition) is 3. The van der Waals surface area contributed by atoms with Gasteiger partial charge in [0.05, 0.1) is 6.07 Å². The number of piperidine rings is 1. The Bertz CT molecular complexity index is 189. The third-order valence-electron chi connectivity index (χ3n) is 2.81. The van der Waals surface area contributed by atoms with E-state index in [1.54, 1.807) is 0 Å². The molecule has 0 aromatic carbocycles. The van der Waals surface area contributed by atoms with Gasteiger partial charge in [0.1, 0.15) is 5.54 Å². The Morgan fingerprint density at radius 3 is 2.62 bits per heavy atom. The average Bonchev–Trinajstić information content (AvgIpc) is 2.19. The van der Waals surface area contributed by atoms with Crippen molar-refractivity contribution in [2.75, 3.05) is 13.1 Å². The molecule has 1 unspecified atom stereocenters. The lowest BCUT2D eigenvalue weighted by molar-refractivity contribution is 0.282. The van der Waals surface area contributed by atoms with E-state index in [1.807, 2.05) is 0 Å². The van der Waals surface area contributed by atoms with Crippen LogP contribution in [-0.2, 0) is 0 Å². The highest BCUT2D eigenvalue weighted by Crippen LogP contribution is 2.18. The van der Waals surface area contributed by atoms with Crippen LogP contribution in [0.25, 0.3) is 0 Å². The molecule has 1 atom stereocenters. The van der Waals surface area contributed by atoms with E-state index in [0.29, 0.717) is 6.04 Å². The molecule has 1 fully saturated rings. The minimum absolute atomic E-state index is 0.263. The summed E-state index contributed by atoms with van der Waals surface area (Å²) in [6.45, 7) is 6.19. The standard InChI is InChI=1S/C10H19N3/c1-3-9(2)13-10(8-11)4-6-12-7-5-10/h9,12-13H,3-7H2,1-2H3. The molecule has 1 aliphatic heterocycles. The zero-order valence-electron chi connectivity index (χ0n) is 8.56. The third-order valence-corrected chi connectivity index (χ3v) is 2.81. The fraction of sp³-hybridized carbons (Fsp3) is 0.900. The smallest absolute Gasteiger partial charge is 0.109 e. The Morgan fingerprint density at radius 2 is 2.15 bits per heavy atom. The summed E-state index contributed by atoms with van der Waals surface area (Å²) >= 11 is 0. The summed E-state index contributed by atoms with van der Waals surface area (Å²) in [5.41, 5.74) is -0.263. The molecule has 0 bridgehead atoms. The highest BCUT2D eigenvalue weighted by atomic mass is 15.0. The van der Waals surface area contributed by atoms with Crippen LogP contribution >= 0.6 is 0 Å². The number of nitriles is 1. The van der Waals surface area contributed by atoms with Crippen molar-refractivity contribution >= 4 is 0 Å². The Hall–Kier alpha value is -0.590. The SMILES string of the molecule is CCC(C)NC1(C#N)CCNCC1. The van der Waals surface area contributed by atoms with Crippen LogP contribution < -0.4 is 10.6 Å². The minimum atomic E-state index is -0.263. The van der Waals surface area contributed by atoms with Gasteiger partial charge in [0.15, 0.2) is 0 Å². The molecule has 0 spiro atoms. The minimum Gasteiger partial charge on any atom is -0.317 e. The van der Waals surface area contributed by atoms with Crippen LogP contribution in [-0.4, -0.2) is 24.7 Å². The second-order valence-electron chi connectivity index (χ2n) is 3.90. The lowest BCUT2D eigenvalue weighted by atomic mass is 9.89. The highest BCUT2D eigenvalue weighted by Gasteiger charge is 2.32. The largest absolute Gasteiger partial charge is 0.317 e. The van der Waals surface area contributed by atoms with Crippen molar-refractivity contribution in [3.63, 3.8) is 0 Å². The number of rotatable bonds is 3. The first kappa shape index (κ1) is 10.5. The van der Waals surface area contributed by atoms with Crippen molar-refractivity contribution in [2.45, 2.75) is 44.7 Å². The maximum absolute atomic E-state index is 9.15. The van der Waals surface area contributed by atoms with Gasteiger partial charge in [-0.05, 0) is 39.3 Å². The lowest BCUT2D eigenvalue weighted by Crippen LogP contribution is -2.54. The first-order valence-corrected chi connectivity index (χ1v) is 5.12. The van der Waals surface area contributed by atoms with Crippen LogP contribution in [0.4, 0.5) is 0 Å². The van der Waals surface area contributed by atoms with Crippen LogP contribution in [0.2, 0.25) is 0 Å². The maximum atomic E-state index is 9.15. The van der Waals surface area contributed by atoms with Crippen LogP contribution in [0.1, 0.15) is 33.1 Å². The van der Waals surface area contributed by atoms with Gasteiger partial charge < -0.3 is 5.32 Å². The summed E-state index contributed by atoms with van der Waals surface area (Å²) in [5.74, 6) is 0. The van der Waals surface area contributed by atoms with Crippen molar-refractivity contribution in [1.82, 2.24) is 10.6 Å². The monoisotopic (exact) mass is 181 g/mol. The molecule has 13 heavy (non-hydrogen) atoms. The lowest BCUT2D eigenvalue weighted by Gasteiger charge is -2.34. The highest BCUT2D eigenvalue weighted by molar-refractivity contribution is 5.10. The van der Waals surface area contributed by atoms with E-state index in [0.717, 1.165) is 32.4 Å². The molecular formula is C10H19N3. The molecule has 3 heteroatoms. The number of nitrogens with zero attached hydrogens (tertiary/aromatic N) is 1. The van der Waals surface area contributed by atoms with Crippen molar-refractivity contribution in [3.05, 3.63) is 0 Å². The Morgan fingerprint density at radius 1 is 1.54 bits per heavy atom. The second kappa shape index (κ2) is 4.59. The average molecular weight is 181 g/mol. The van der Waals surface area contributed by atoms with Gasteiger partial charge in [-0.25, -0.2) is 0 Å². The van der Waals surface area contributed by atoms with Gasteiger partial charge in [-0.1, -0.05) is 6.92 Å². The van der Waals surface area contributed by atoms with Gasteiger partial charge in [0.2, 0.25) is 0 Å². The van der Waals surface area contributed by atoms with E-state index in [9.17, 15) is 0 Å². The van der Waals surface area contributed by atoms with E-state index < -0.39 is 0 Å². The molecule has 0 aliphatic carbocycles. The quantitative estimate of drug-likeness (QED) is 0.683. The van der Waals surface area contributed by atoms with E-state index >= 15 is 0 Å². The summed E-state index contributed by atoms with van der Waals surface area (Å²) in [5, 5.41) is 15.9. The first-order chi connectivity index (χ1) is 6.22. The zero-order valence-corrected chi connectivity index (χ0v) is 8.56. The molecule has 74 valence electrons. The Labute approximate surface area is 80.5 Å². The molecule has 1 heterocycles. The first-order valence-electron chi connectivity index (χ1n) is 5.12. The second-order valence-corrected chi connectivity index (χ2v) is 3.90. The summed E-state index contributed by atoms with van der Waals surface area (Å²) in [6.07, 6.45) is 2.93. The molecule has 0 saturated carbocycles. The molecule has 1 aliphatic rings. The van der Waals surface area contributed by atoms with E-state index in [4.69, 9.17) is 5.26 Å². The number of nitrogens with one attached hydrogen (secondary N) is 2. The van der Waals surface area contributed by atoms with Crippen LogP contribution in [0, 0.1) is 11.3 Å². The van der Waals surface area contributed by atoms with Gasteiger partial charge in [-0.3, -0.25) is 5.32 Å². The van der Waals surface area contributed by atoms with Gasteiger partial charge in [-0.2, -0.15) is 5.26 Å². The van der Waals surface area contributed by atoms with E-state index in [-0.39, 0.29) is 5.54 Å². The third kappa shape index (κ3) is 2.68. The van der Waals surface area contributed by atoms with Gasteiger partial charge in [-0.15, -0.1) is 0 Å². The Kier molecular flexibility index (Phi) is 3.71. The van der Waals surface area contributed by atoms with Gasteiger partial charge in [0, 0.05) is 6.04 Å². The summed E-state index contributed by atoms with van der Waals surface area (Å²) in [6, 6.07) is 2.87. The summed E-state index contributed by atoms with van der Waals surface area (Å²) in [4.78, 5) is 0. The van der Waals surface area contributed by atoms with Crippen molar-refractivity contribution in [1.29, 1.82) is 5.26 Å². The van der Waals surface area contributed by atoms with Crippen molar-refractivity contribution in [2.24, 2.45) is 0 Å². The zero-order chi connectivity index (χ0) is 9.73. The topological polar surface area (TPSA) is 47.9 Å². The maximum Gasteiger partial charge on any atom is 0.109 e. The van der Waals surface area contributed by atoms with Crippen LogP contribution in [0.5, 0.6) is 0 Å². The molecular weight excluding hydrogens is 162 g/mol. The van der Waals surface area contributed by atoms with Crippen molar-refractivity contribution < 1.29 is 0 Å². The molecule has 0 radical (unpaired) electrons. The predicted octanol–water partition coefficient (Wildman–Crippen LogP) is 1.02. The summed E-state index contributed by atoms with van der Waals surface area (Å²) < 4.78 is 0. The molecule has 0 aromatic rings. The summed E-state index contributed by atoms with van der Waals surface area (Å²) in [7, 11) is 0. The molecule has 0 amide bonds. The predicted molar refractivity (Wildman–Crippen MR) is 53.3 cm³/mol. The fourth-order valence-electron chi connectivity index (χ4n) is 1.72. The van der Waals surface area contributed by atoms with E-state index in [2.05, 4.69) is 30.6 Å². The van der Waals surface area contributed by atoms with Gasteiger partial charge >= 0.3 is 0 Å². The van der Waals surface area contributed by atoms with Crippen LogP contribution in [0.3, 0.4) is 0 Å². The molecule has 1 saturated heterocycles. The van der Waals surface area contributed by atoms with Gasteiger partial charge in [0.25, 0.3) is 0 Å². The molecule has 2 N–H and O–H groups in total. The molecule has 1 rings (SSSR count). The van der Waals surface area contributed by atoms with Crippen molar-refractivity contribution in [3.8, 4) is 6.07 Å². The molecule has 3 nitrogen and oxygen atoms in total. The van der Waals surface area contributed by atoms with Crippen LogP contribution in [0.15, 0.2) is 0 Å². The fourth-order valence-corrected chi connectivity index (χ4v) is 1.72. The Balaban J connectivity index is 2.53. The number of hydrogen-bond donors (Lipinski definition) is 2.